The van der Waals surface area contributed by atoms with E-state index in [9.17, 15) is 9.90 Å². The predicted octanol–water partition coefficient (Wildman–Crippen LogP) is 3.91. The summed E-state index contributed by atoms with van der Waals surface area (Å²) < 4.78 is 30.0. The number of carbonyl (C=O) groups excluding carboxylic acids is 1. The minimum Gasteiger partial charge on any atom is -0.404 e. The third-order valence-corrected chi connectivity index (χ3v) is 14.2. The lowest BCUT2D eigenvalue weighted by atomic mass is 9.77. The molecule has 2 aromatic rings. The molecule has 40 heavy (non-hydrogen) atoms. The van der Waals surface area contributed by atoms with Gasteiger partial charge < -0.3 is 28.5 Å². The number of methoxy groups -OCH3 is 2. The number of carbonyl (C=O) groups is 1. The van der Waals surface area contributed by atoms with Crippen LogP contribution in [0, 0.1) is 17.8 Å². The lowest BCUT2D eigenvalue weighted by Gasteiger charge is -2.45. The molecule has 2 aliphatic carbocycles. The normalized spacial score (nSPS) is 31.1. The van der Waals surface area contributed by atoms with Gasteiger partial charge in [-0.3, -0.25) is 4.79 Å². The van der Waals surface area contributed by atoms with E-state index in [-0.39, 0.29) is 48.3 Å². The highest BCUT2D eigenvalue weighted by atomic mass is 28.4. The van der Waals surface area contributed by atoms with Crippen LogP contribution < -0.4 is 10.4 Å². The van der Waals surface area contributed by atoms with Crippen molar-refractivity contribution in [1.29, 1.82) is 0 Å². The minimum atomic E-state index is -2.85. The summed E-state index contributed by atoms with van der Waals surface area (Å²) >= 11 is 0. The number of fused-ring (bicyclic) bond motifs is 1. The lowest BCUT2D eigenvalue weighted by molar-refractivity contribution is -0.175. The zero-order valence-electron chi connectivity index (χ0n) is 25.0. The van der Waals surface area contributed by atoms with Crippen molar-refractivity contribution >= 4 is 24.5 Å². The number of ketones is 1. The monoisotopic (exact) mass is 570 g/mol. The highest BCUT2D eigenvalue weighted by Crippen LogP contribution is 2.52. The van der Waals surface area contributed by atoms with Gasteiger partial charge in [0.05, 0.1) is 5.60 Å². The Morgan fingerprint density at radius 2 is 1.50 bits per heavy atom. The second-order valence-electron chi connectivity index (χ2n) is 12.6. The van der Waals surface area contributed by atoms with Gasteiger partial charge in [0.25, 0.3) is 8.32 Å². The quantitative estimate of drug-likeness (QED) is 0.343. The summed E-state index contributed by atoms with van der Waals surface area (Å²) in [4.78, 5) is 13.5. The smallest absolute Gasteiger partial charge is 0.261 e. The van der Waals surface area contributed by atoms with E-state index in [0.717, 1.165) is 0 Å². The molecule has 4 rings (SSSR count). The molecule has 0 saturated heterocycles. The maximum Gasteiger partial charge on any atom is 0.261 e. The molecule has 2 aromatic carbocycles. The number of aliphatic hydroxyl groups excluding tert-OH is 1. The predicted molar refractivity (Wildman–Crippen MR) is 157 cm³/mol. The van der Waals surface area contributed by atoms with Crippen LogP contribution in [0.1, 0.15) is 47.5 Å². The molecule has 0 amide bonds. The molecule has 0 spiro atoms. The van der Waals surface area contributed by atoms with Crippen molar-refractivity contribution in [3.63, 3.8) is 0 Å². The van der Waals surface area contributed by atoms with E-state index >= 15 is 0 Å². The minimum absolute atomic E-state index is 0.0338. The largest absolute Gasteiger partial charge is 0.404 e. The van der Waals surface area contributed by atoms with Gasteiger partial charge in [0.15, 0.2) is 5.78 Å². The number of hydrogen-bond acceptors (Lipinski definition) is 7. The van der Waals surface area contributed by atoms with Crippen molar-refractivity contribution in [3.8, 4) is 0 Å². The first-order valence-corrected chi connectivity index (χ1v) is 16.1. The SMILES string of the molecule is COCO[C@H]1C[C@](C)(OCOC)[C@H]2C[C@H](O[Si](c3ccccc3)(c3ccccc3)C(C)(C)C)[C@H](C)[C@H]2[C@H](O)C1=O. The second kappa shape index (κ2) is 12.5. The van der Waals surface area contributed by atoms with E-state index in [1.54, 1.807) is 7.11 Å². The van der Waals surface area contributed by atoms with Crippen LogP contribution in [0.2, 0.25) is 5.04 Å². The summed E-state index contributed by atoms with van der Waals surface area (Å²) in [7, 11) is 0.253. The molecular weight excluding hydrogens is 524 g/mol. The van der Waals surface area contributed by atoms with Gasteiger partial charge >= 0.3 is 0 Å². The lowest BCUT2D eigenvalue weighted by Crippen LogP contribution is -2.68. The first-order chi connectivity index (χ1) is 19.0. The van der Waals surface area contributed by atoms with Gasteiger partial charge in [0, 0.05) is 32.7 Å². The maximum absolute atomic E-state index is 13.5. The first-order valence-electron chi connectivity index (χ1n) is 14.2. The Morgan fingerprint density at radius 1 is 0.950 bits per heavy atom. The van der Waals surface area contributed by atoms with Crippen molar-refractivity contribution in [1.82, 2.24) is 0 Å². The van der Waals surface area contributed by atoms with Gasteiger partial charge in [0.1, 0.15) is 25.8 Å². The Bertz CT molecular complexity index is 1070. The number of aliphatic hydroxyl groups is 1. The van der Waals surface area contributed by atoms with Gasteiger partial charge in [-0.1, -0.05) is 88.4 Å². The third-order valence-electron chi connectivity index (χ3n) is 9.13. The van der Waals surface area contributed by atoms with Crippen LogP contribution in [0.25, 0.3) is 0 Å². The molecule has 0 bridgehead atoms. The molecule has 7 atom stereocenters. The van der Waals surface area contributed by atoms with Crippen LogP contribution in [0.15, 0.2) is 60.7 Å². The van der Waals surface area contributed by atoms with Crippen LogP contribution in [-0.4, -0.2) is 70.9 Å². The molecule has 2 fully saturated rings. The van der Waals surface area contributed by atoms with Crippen LogP contribution >= 0.6 is 0 Å². The third kappa shape index (κ3) is 5.73. The summed E-state index contributed by atoms with van der Waals surface area (Å²) in [6.07, 6.45) is -1.26. The van der Waals surface area contributed by atoms with E-state index in [2.05, 4.69) is 76.2 Å². The summed E-state index contributed by atoms with van der Waals surface area (Å²) in [6, 6.07) is 21.1. The summed E-state index contributed by atoms with van der Waals surface area (Å²) in [5, 5.41) is 13.8. The van der Waals surface area contributed by atoms with E-state index < -0.39 is 26.1 Å². The van der Waals surface area contributed by atoms with Crippen LogP contribution in [0.5, 0.6) is 0 Å². The average Bonchev–Trinajstić information content (AvgIpc) is 3.25. The molecule has 220 valence electrons. The summed E-state index contributed by atoms with van der Waals surface area (Å²) in [5.74, 6) is -0.920. The molecule has 0 radical (unpaired) electrons. The van der Waals surface area contributed by atoms with Crippen molar-refractivity contribution in [2.45, 2.75) is 76.4 Å². The van der Waals surface area contributed by atoms with Gasteiger partial charge in [-0.15, -0.1) is 0 Å². The van der Waals surface area contributed by atoms with Crippen molar-refractivity contribution in [2.24, 2.45) is 17.8 Å². The van der Waals surface area contributed by atoms with E-state index in [1.165, 1.54) is 17.5 Å². The molecule has 2 aliphatic rings. The Kier molecular flexibility index (Phi) is 9.72. The van der Waals surface area contributed by atoms with E-state index in [1.807, 2.05) is 19.1 Å². The molecule has 0 heterocycles. The fraction of sp³-hybridized carbons (Fsp3) is 0.594. The highest BCUT2D eigenvalue weighted by molar-refractivity contribution is 6.99. The van der Waals surface area contributed by atoms with Gasteiger partial charge in [-0.25, -0.2) is 0 Å². The van der Waals surface area contributed by atoms with Crippen LogP contribution in [0.4, 0.5) is 0 Å². The molecule has 0 aromatic heterocycles. The Morgan fingerprint density at radius 3 is 2.00 bits per heavy atom. The molecule has 8 heteroatoms. The zero-order valence-corrected chi connectivity index (χ0v) is 26.0. The number of ether oxygens (including phenoxy) is 4. The molecule has 7 nitrogen and oxygen atoms in total. The standard InChI is InChI=1S/C32H46O7Si/c1-22-26(39-40(31(2,3)4,23-14-10-8-11-15-23)24-16-12-9-13-17-24)18-25-28(22)30(34)29(33)27(37-20-35-6)19-32(25,5)38-21-36-7/h8-17,22,25-28,30,34H,18-21H2,1-7H3/t22-,25-,26-,27-,28+,30-,32-/m0/s1. The number of Topliss-reactive ketones (excluding diaryl/α,β-unsaturated/α-hetero) is 1. The Labute approximate surface area is 240 Å². The Balaban J connectivity index is 1.78. The second-order valence-corrected chi connectivity index (χ2v) is 16.8. The first kappa shape index (κ1) is 31.0. The van der Waals surface area contributed by atoms with Crippen LogP contribution in [0.3, 0.4) is 0 Å². The highest BCUT2D eigenvalue weighted by Gasteiger charge is 2.61. The van der Waals surface area contributed by atoms with Crippen LogP contribution in [-0.2, 0) is 28.2 Å². The topological polar surface area (TPSA) is 83.5 Å². The van der Waals surface area contributed by atoms with Crippen molar-refractivity contribution in [3.05, 3.63) is 60.7 Å². The molecule has 2 saturated carbocycles. The summed E-state index contributed by atoms with van der Waals surface area (Å²) in [5.41, 5.74) is -0.774. The Hall–Kier alpha value is -1.91. The molecule has 0 aliphatic heterocycles. The number of rotatable bonds is 10. The maximum atomic E-state index is 13.5. The van der Waals surface area contributed by atoms with Crippen molar-refractivity contribution in [2.75, 3.05) is 27.8 Å². The van der Waals surface area contributed by atoms with Gasteiger partial charge in [0.2, 0.25) is 0 Å². The molecule has 0 unspecified atom stereocenters. The number of benzene rings is 2. The zero-order chi connectivity index (χ0) is 29.1. The van der Waals surface area contributed by atoms with Gasteiger partial charge in [-0.05, 0) is 40.6 Å². The average molecular weight is 571 g/mol. The fourth-order valence-corrected chi connectivity index (χ4v) is 11.9. The van der Waals surface area contributed by atoms with E-state index in [0.29, 0.717) is 12.8 Å². The van der Waals surface area contributed by atoms with Gasteiger partial charge in [-0.2, -0.15) is 0 Å². The fourth-order valence-electron chi connectivity index (χ4n) is 7.13. The van der Waals surface area contributed by atoms with E-state index in [4.69, 9.17) is 23.4 Å². The van der Waals surface area contributed by atoms with Crippen molar-refractivity contribution < 1.29 is 33.3 Å². The number of hydrogen-bond donors (Lipinski definition) is 1. The molecular formula is C32H46O7Si. The summed E-state index contributed by atoms with van der Waals surface area (Å²) in [6.45, 7) is 11.0. The molecule has 1 N–H and O–H groups in total.